The number of rotatable bonds is 2. The molecule has 0 radical (unpaired) electrons. The van der Waals surface area contributed by atoms with Crippen LogP contribution in [-0.2, 0) is 19.5 Å². The fourth-order valence-electron chi connectivity index (χ4n) is 2.30. The molecule has 0 fully saturated rings. The Labute approximate surface area is 124 Å². The van der Waals surface area contributed by atoms with Crippen molar-refractivity contribution in [3.63, 3.8) is 0 Å². The molecule has 3 heterocycles. The van der Waals surface area contributed by atoms with E-state index in [0.29, 0.717) is 11.3 Å². The van der Waals surface area contributed by atoms with Crippen molar-refractivity contribution in [2.24, 2.45) is 0 Å². The van der Waals surface area contributed by atoms with Crippen LogP contribution in [0.25, 0.3) is 0 Å². The molecule has 2 aromatic heterocycles. The highest BCUT2D eigenvalue weighted by atomic mass is 35.5. The van der Waals surface area contributed by atoms with Crippen LogP contribution in [0.5, 0.6) is 0 Å². The predicted molar refractivity (Wildman–Crippen MR) is 79.4 cm³/mol. The van der Waals surface area contributed by atoms with Crippen molar-refractivity contribution < 1.29 is 0 Å². The number of H-pyrrole nitrogens is 2. The Balaban J connectivity index is 1.82. The lowest BCUT2D eigenvalue weighted by Gasteiger charge is -2.27. The lowest BCUT2D eigenvalue weighted by atomic mass is 10.1. The lowest BCUT2D eigenvalue weighted by Crippen LogP contribution is -2.35. The first kappa shape index (κ1) is 13.1. The number of aromatic amines is 2. The quantitative estimate of drug-likeness (QED) is 0.838. The third-order valence-corrected chi connectivity index (χ3v) is 4.62. The molecule has 0 saturated carbocycles. The molecule has 3 rings (SSSR count). The maximum atomic E-state index is 11.9. The standard InChI is InChI=1S/C12H12ClN3OS2/c13-10-2-1-7(19-10)5-16-4-3-9-8(6-16)11(17)15-12(18)14-9/h1-2H,3-6H2,(H2,14,15,17,18). The topological polar surface area (TPSA) is 51.9 Å². The van der Waals surface area contributed by atoms with Crippen molar-refractivity contribution in [1.82, 2.24) is 14.9 Å². The molecule has 0 aliphatic carbocycles. The molecule has 4 nitrogen and oxygen atoms in total. The van der Waals surface area contributed by atoms with Gasteiger partial charge in [0, 0.05) is 36.6 Å². The zero-order valence-corrected chi connectivity index (χ0v) is 12.4. The Bertz CT molecular complexity index is 718. The number of thiophene rings is 1. The molecule has 1 aliphatic rings. The summed E-state index contributed by atoms with van der Waals surface area (Å²) in [6.45, 7) is 2.38. The Kier molecular flexibility index (Phi) is 3.58. The van der Waals surface area contributed by atoms with Crippen LogP contribution in [0.2, 0.25) is 4.34 Å². The van der Waals surface area contributed by atoms with Gasteiger partial charge in [-0.05, 0) is 24.4 Å². The van der Waals surface area contributed by atoms with Crippen LogP contribution in [0.1, 0.15) is 16.1 Å². The van der Waals surface area contributed by atoms with Gasteiger partial charge in [0.1, 0.15) is 0 Å². The molecule has 100 valence electrons. The highest BCUT2D eigenvalue weighted by molar-refractivity contribution is 7.71. The van der Waals surface area contributed by atoms with Crippen molar-refractivity contribution in [2.75, 3.05) is 6.54 Å². The zero-order valence-electron chi connectivity index (χ0n) is 10.0. The van der Waals surface area contributed by atoms with Crippen LogP contribution < -0.4 is 5.56 Å². The molecule has 0 bridgehead atoms. The number of hydrogen-bond acceptors (Lipinski definition) is 4. The van der Waals surface area contributed by atoms with E-state index in [2.05, 4.69) is 14.9 Å². The minimum Gasteiger partial charge on any atom is -0.335 e. The van der Waals surface area contributed by atoms with Gasteiger partial charge in [0.25, 0.3) is 5.56 Å². The van der Waals surface area contributed by atoms with Gasteiger partial charge in [0.2, 0.25) is 0 Å². The van der Waals surface area contributed by atoms with Gasteiger partial charge in [-0.25, -0.2) is 0 Å². The van der Waals surface area contributed by atoms with E-state index in [1.807, 2.05) is 12.1 Å². The highest BCUT2D eigenvalue weighted by Gasteiger charge is 2.20. The summed E-state index contributed by atoms with van der Waals surface area (Å²) in [5, 5.41) is 0. The summed E-state index contributed by atoms with van der Waals surface area (Å²) in [6, 6.07) is 3.94. The van der Waals surface area contributed by atoms with Crippen LogP contribution in [0, 0.1) is 4.77 Å². The minimum atomic E-state index is -0.0762. The molecule has 0 atom stereocenters. The van der Waals surface area contributed by atoms with E-state index < -0.39 is 0 Å². The Hall–Kier alpha value is -0.950. The third kappa shape index (κ3) is 2.81. The monoisotopic (exact) mass is 313 g/mol. The smallest absolute Gasteiger partial charge is 0.256 e. The van der Waals surface area contributed by atoms with Crippen LogP contribution in [-0.4, -0.2) is 21.4 Å². The second-order valence-electron chi connectivity index (χ2n) is 4.53. The Morgan fingerprint density at radius 3 is 3.00 bits per heavy atom. The first-order valence-electron chi connectivity index (χ1n) is 5.93. The van der Waals surface area contributed by atoms with Gasteiger partial charge < -0.3 is 4.98 Å². The maximum Gasteiger partial charge on any atom is 0.256 e. The van der Waals surface area contributed by atoms with Gasteiger partial charge in [-0.1, -0.05) is 11.6 Å². The van der Waals surface area contributed by atoms with E-state index in [4.69, 9.17) is 23.8 Å². The molecule has 1 aliphatic heterocycles. The average molecular weight is 314 g/mol. The average Bonchev–Trinajstić information content (AvgIpc) is 2.75. The molecule has 0 amide bonds. The summed E-state index contributed by atoms with van der Waals surface area (Å²) in [5.41, 5.74) is 1.68. The molecule has 0 saturated heterocycles. The molecule has 0 spiro atoms. The molecule has 7 heteroatoms. The second kappa shape index (κ2) is 5.20. The summed E-state index contributed by atoms with van der Waals surface area (Å²) >= 11 is 12.5. The van der Waals surface area contributed by atoms with E-state index >= 15 is 0 Å². The molecular weight excluding hydrogens is 302 g/mol. The summed E-state index contributed by atoms with van der Waals surface area (Å²) in [6.07, 6.45) is 0.821. The van der Waals surface area contributed by atoms with Crippen molar-refractivity contribution in [1.29, 1.82) is 0 Å². The fourth-order valence-corrected chi connectivity index (χ4v) is 3.65. The minimum absolute atomic E-state index is 0.0762. The molecule has 2 aromatic rings. The number of halogens is 1. The van der Waals surface area contributed by atoms with Gasteiger partial charge in [-0.3, -0.25) is 14.7 Å². The van der Waals surface area contributed by atoms with Gasteiger partial charge in [-0.15, -0.1) is 11.3 Å². The number of hydrogen-bond donors (Lipinski definition) is 2. The third-order valence-electron chi connectivity index (χ3n) is 3.20. The van der Waals surface area contributed by atoms with Crippen LogP contribution in [0.4, 0.5) is 0 Å². The van der Waals surface area contributed by atoms with Crippen LogP contribution in [0.3, 0.4) is 0 Å². The number of aromatic nitrogens is 2. The van der Waals surface area contributed by atoms with E-state index in [0.717, 1.165) is 35.1 Å². The predicted octanol–water partition coefficient (Wildman–Crippen LogP) is 2.71. The molecular formula is C12H12ClN3OS2. The van der Waals surface area contributed by atoms with E-state index in [1.165, 1.54) is 4.88 Å². The van der Waals surface area contributed by atoms with Gasteiger partial charge in [0.15, 0.2) is 4.77 Å². The lowest BCUT2D eigenvalue weighted by molar-refractivity contribution is 0.243. The maximum absolute atomic E-state index is 11.9. The number of fused-ring (bicyclic) bond motifs is 1. The van der Waals surface area contributed by atoms with Gasteiger partial charge in [-0.2, -0.15) is 0 Å². The van der Waals surface area contributed by atoms with Crippen molar-refractivity contribution in [2.45, 2.75) is 19.5 Å². The number of nitrogens with one attached hydrogen (secondary N) is 2. The first-order valence-corrected chi connectivity index (χ1v) is 7.53. The van der Waals surface area contributed by atoms with E-state index in [-0.39, 0.29) is 5.56 Å². The normalized spacial score (nSPS) is 15.4. The Morgan fingerprint density at radius 2 is 2.26 bits per heavy atom. The first-order chi connectivity index (χ1) is 9.11. The van der Waals surface area contributed by atoms with Crippen LogP contribution in [0.15, 0.2) is 16.9 Å². The van der Waals surface area contributed by atoms with Crippen molar-refractivity contribution >= 4 is 35.2 Å². The largest absolute Gasteiger partial charge is 0.335 e. The van der Waals surface area contributed by atoms with E-state index in [1.54, 1.807) is 11.3 Å². The zero-order chi connectivity index (χ0) is 13.4. The SMILES string of the molecule is O=c1[nH]c(=S)[nH]c2c1CN(Cc1ccc(Cl)s1)CC2. The van der Waals surface area contributed by atoms with Gasteiger partial charge in [0.05, 0.1) is 9.90 Å². The molecule has 2 N–H and O–H groups in total. The summed E-state index contributed by atoms with van der Waals surface area (Å²) < 4.78 is 1.21. The van der Waals surface area contributed by atoms with E-state index in [9.17, 15) is 4.79 Å². The Morgan fingerprint density at radius 1 is 1.42 bits per heavy atom. The summed E-state index contributed by atoms with van der Waals surface area (Å²) in [4.78, 5) is 21.1. The summed E-state index contributed by atoms with van der Waals surface area (Å²) in [5.74, 6) is 0. The highest BCUT2D eigenvalue weighted by Crippen LogP contribution is 2.24. The molecule has 0 unspecified atom stereocenters. The fraction of sp³-hybridized carbons (Fsp3) is 0.333. The summed E-state index contributed by atoms with van der Waals surface area (Å²) in [7, 11) is 0. The molecule has 19 heavy (non-hydrogen) atoms. The molecule has 0 aromatic carbocycles. The van der Waals surface area contributed by atoms with Crippen molar-refractivity contribution in [3.05, 3.63) is 47.7 Å². The van der Waals surface area contributed by atoms with Gasteiger partial charge >= 0.3 is 0 Å². The number of nitrogens with zero attached hydrogens (tertiary/aromatic N) is 1. The van der Waals surface area contributed by atoms with Crippen LogP contribution >= 0.6 is 35.2 Å². The second-order valence-corrected chi connectivity index (χ2v) is 6.74. The van der Waals surface area contributed by atoms with Crippen molar-refractivity contribution in [3.8, 4) is 0 Å².